The first-order valence-corrected chi connectivity index (χ1v) is 9.11. The third-order valence-corrected chi connectivity index (χ3v) is 5.51. The van der Waals surface area contributed by atoms with Crippen molar-refractivity contribution in [3.63, 3.8) is 0 Å². The summed E-state index contributed by atoms with van der Waals surface area (Å²) < 4.78 is 5.29. The number of aromatic nitrogens is 1. The van der Waals surface area contributed by atoms with Crippen molar-refractivity contribution in [1.82, 2.24) is 14.8 Å². The number of aryl methyl sites for hydroxylation is 2. The molecule has 4 heterocycles. The molecule has 2 aromatic rings. The van der Waals surface area contributed by atoms with E-state index in [9.17, 15) is 9.59 Å². The molecule has 2 amide bonds. The highest BCUT2D eigenvalue weighted by atomic mass is 16.3. The van der Waals surface area contributed by atoms with Gasteiger partial charge >= 0.3 is 0 Å². The lowest BCUT2D eigenvalue weighted by molar-refractivity contribution is -0.138. The Labute approximate surface area is 152 Å². The molecular formula is C20H23N3O3. The number of nitrogens with zero attached hydrogens (tertiary/aromatic N) is 3. The molecule has 0 unspecified atom stereocenters. The van der Waals surface area contributed by atoms with Crippen LogP contribution < -0.4 is 0 Å². The smallest absolute Gasteiger partial charge is 0.257 e. The van der Waals surface area contributed by atoms with Gasteiger partial charge in [-0.25, -0.2) is 0 Å². The van der Waals surface area contributed by atoms with Gasteiger partial charge in [-0.15, -0.1) is 0 Å². The van der Waals surface area contributed by atoms with Crippen molar-refractivity contribution in [3.8, 4) is 0 Å². The molecule has 2 aliphatic heterocycles. The second-order valence-corrected chi connectivity index (χ2v) is 7.14. The van der Waals surface area contributed by atoms with Crippen molar-refractivity contribution < 1.29 is 14.0 Å². The Balaban J connectivity index is 1.55. The van der Waals surface area contributed by atoms with Gasteiger partial charge in [0.1, 0.15) is 5.76 Å². The minimum atomic E-state index is 0.00623. The molecule has 26 heavy (non-hydrogen) atoms. The zero-order valence-electron chi connectivity index (χ0n) is 15.1. The first-order valence-electron chi connectivity index (χ1n) is 9.11. The molecule has 0 spiro atoms. The van der Waals surface area contributed by atoms with Crippen LogP contribution in [0.4, 0.5) is 0 Å². The Kier molecular flexibility index (Phi) is 4.26. The molecule has 0 N–H and O–H groups in total. The fourth-order valence-corrected chi connectivity index (χ4v) is 4.23. The van der Waals surface area contributed by atoms with Crippen LogP contribution in [0.5, 0.6) is 0 Å². The van der Waals surface area contributed by atoms with Gasteiger partial charge in [-0.3, -0.25) is 14.6 Å². The number of furan rings is 1. The highest BCUT2D eigenvalue weighted by molar-refractivity contribution is 5.95. The van der Waals surface area contributed by atoms with Gasteiger partial charge in [0.05, 0.1) is 36.1 Å². The van der Waals surface area contributed by atoms with E-state index in [0.717, 1.165) is 24.2 Å². The molecule has 2 aliphatic rings. The zero-order valence-corrected chi connectivity index (χ0v) is 15.1. The minimum Gasteiger partial charge on any atom is -0.469 e. The van der Waals surface area contributed by atoms with Crippen molar-refractivity contribution in [2.45, 2.75) is 51.7 Å². The number of piperidine rings is 1. The first kappa shape index (κ1) is 16.8. The predicted octanol–water partition coefficient (Wildman–Crippen LogP) is 2.70. The van der Waals surface area contributed by atoms with E-state index in [1.54, 1.807) is 19.3 Å². The minimum absolute atomic E-state index is 0.00623. The zero-order chi connectivity index (χ0) is 18.3. The van der Waals surface area contributed by atoms with Gasteiger partial charge in [-0.1, -0.05) is 6.07 Å². The summed E-state index contributed by atoms with van der Waals surface area (Å²) in [6, 6.07) is 7.74. The summed E-state index contributed by atoms with van der Waals surface area (Å²) in [4.78, 5) is 33.9. The second kappa shape index (κ2) is 6.59. The largest absolute Gasteiger partial charge is 0.469 e. The number of hydrogen-bond acceptors (Lipinski definition) is 4. The third-order valence-electron chi connectivity index (χ3n) is 5.51. The molecule has 6 nitrogen and oxygen atoms in total. The summed E-state index contributed by atoms with van der Waals surface area (Å²) >= 11 is 0. The second-order valence-electron chi connectivity index (χ2n) is 7.14. The van der Waals surface area contributed by atoms with E-state index in [-0.39, 0.29) is 23.9 Å². The molecule has 2 saturated heterocycles. The standard InChI is InChI=1S/C20H23N3O3/c1-13-4-3-5-15(21-13)12-23-18-8-10-22(17(18)6-7-19(23)24)20(25)16-9-11-26-14(16)2/h3-5,9,11,17-18H,6-8,10,12H2,1-2H3/t17-,18+/m0/s1. The average molecular weight is 353 g/mol. The molecule has 4 rings (SSSR count). The molecule has 0 bridgehead atoms. The average Bonchev–Trinajstić information content (AvgIpc) is 3.23. The maximum atomic E-state index is 12.9. The Morgan fingerprint density at radius 3 is 2.81 bits per heavy atom. The van der Waals surface area contributed by atoms with E-state index in [2.05, 4.69) is 4.98 Å². The van der Waals surface area contributed by atoms with Gasteiger partial charge in [0, 0.05) is 18.7 Å². The molecule has 6 heteroatoms. The molecule has 136 valence electrons. The van der Waals surface area contributed by atoms with Crippen LogP contribution in [0.3, 0.4) is 0 Å². The number of carbonyl (C=O) groups excluding carboxylic acids is 2. The number of fused-ring (bicyclic) bond motifs is 1. The number of amides is 2. The van der Waals surface area contributed by atoms with Gasteiger partial charge < -0.3 is 14.2 Å². The molecule has 0 radical (unpaired) electrons. The Hall–Kier alpha value is -2.63. The van der Waals surface area contributed by atoms with Crippen molar-refractivity contribution in [1.29, 1.82) is 0 Å². The first-order chi connectivity index (χ1) is 12.5. The van der Waals surface area contributed by atoms with Crippen LogP contribution in [0.25, 0.3) is 0 Å². The van der Waals surface area contributed by atoms with Crippen molar-refractivity contribution in [2.24, 2.45) is 0 Å². The molecule has 0 aromatic carbocycles. The number of likely N-dealkylation sites (tertiary alicyclic amines) is 2. The van der Waals surface area contributed by atoms with Crippen molar-refractivity contribution >= 4 is 11.8 Å². The van der Waals surface area contributed by atoms with Crippen LogP contribution in [0.15, 0.2) is 34.9 Å². The van der Waals surface area contributed by atoms with Crippen molar-refractivity contribution in [2.75, 3.05) is 6.54 Å². The van der Waals surface area contributed by atoms with Crippen LogP contribution in [-0.2, 0) is 11.3 Å². The van der Waals surface area contributed by atoms with Crippen LogP contribution in [0.1, 0.15) is 46.8 Å². The SMILES string of the molecule is Cc1cccc(CN2C(=O)CC[C@H]3[C@H]2CCN3C(=O)c2ccoc2C)n1. The summed E-state index contributed by atoms with van der Waals surface area (Å²) in [7, 11) is 0. The maximum absolute atomic E-state index is 12.9. The Bertz CT molecular complexity index is 844. The van der Waals surface area contributed by atoms with Gasteiger partial charge in [0.2, 0.25) is 5.91 Å². The van der Waals surface area contributed by atoms with Crippen molar-refractivity contribution in [3.05, 3.63) is 53.2 Å². The Morgan fingerprint density at radius 1 is 1.23 bits per heavy atom. The quantitative estimate of drug-likeness (QED) is 0.851. The normalized spacial score (nSPS) is 22.6. The lowest BCUT2D eigenvalue weighted by Crippen LogP contribution is -2.52. The van der Waals surface area contributed by atoms with Gasteiger partial charge in [-0.05, 0) is 44.9 Å². The topological polar surface area (TPSA) is 66.7 Å². The van der Waals surface area contributed by atoms with E-state index in [1.807, 2.05) is 34.9 Å². The molecule has 2 atom stereocenters. The van der Waals surface area contributed by atoms with Crippen LogP contribution in [0, 0.1) is 13.8 Å². The van der Waals surface area contributed by atoms with E-state index < -0.39 is 0 Å². The van der Waals surface area contributed by atoms with Gasteiger partial charge in [0.25, 0.3) is 5.91 Å². The highest BCUT2D eigenvalue weighted by Crippen LogP contribution is 2.33. The molecule has 0 aliphatic carbocycles. The maximum Gasteiger partial charge on any atom is 0.257 e. The number of hydrogen-bond donors (Lipinski definition) is 0. The van der Waals surface area contributed by atoms with Crippen LogP contribution in [-0.4, -0.2) is 45.2 Å². The monoisotopic (exact) mass is 353 g/mol. The van der Waals surface area contributed by atoms with E-state index in [1.165, 1.54) is 0 Å². The van der Waals surface area contributed by atoms with E-state index in [0.29, 0.717) is 30.8 Å². The summed E-state index contributed by atoms with van der Waals surface area (Å²) in [5.41, 5.74) is 2.46. The number of rotatable bonds is 3. The van der Waals surface area contributed by atoms with Gasteiger partial charge in [0.15, 0.2) is 0 Å². The van der Waals surface area contributed by atoms with E-state index >= 15 is 0 Å². The summed E-state index contributed by atoms with van der Waals surface area (Å²) in [6.07, 6.45) is 3.56. The van der Waals surface area contributed by atoms with E-state index in [4.69, 9.17) is 4.42 Å². The fourth-order valence-electron chi connectivity index (χ4n) is 4.23. The number of pyridine rings is 1. The molecule has 2 aromatic heterocycles. The van der Waals surface area contributed by atoms with Gasteiger partial charge in [-0.2, -0.15) is 0 Å². The number of carbonyl (C=O) groups is 2. The lowest BCUT2D eigenvalue weighted by atomic mass is 9.95. The third kappa shape index (κ3) is 2.89. The lowest BCUT2D eigenvalue weighted by Gasteiger charge is -2.39. The Morgan fingerprint density at radius 2 is 2.08 bits per heavy atom. The summed E-state index contributed by atoms with van der Waals surface area (Å²) in [5, 5.41) is 0. The van der Waals surface area contributed by atoms with Crippen LogP contribution >= 0.6 is 0 Å². The molecule has 2 fully saturated rings. The highest BCUT2D eigenvalue weighted by Gasteiger charge is 2.45. The fraction of sp³-hybridized carbons (Fsp3) is 0.450. The van der Waals surface area contributed by atoms with Crippen LogP contribution in [0.2, 0.25) is 0 Å². The molecule has 0 saturated carbocycles. The summed E-state index contributed by atoms with van der Waals surface area (Å²) in [5.74, 6) is 0.807. The predicted molar refractivity (Wildman–Crippen MR) is 95.4 cm³/mol. The summed E-state index contributed by atoms with van der Waals surface area (Å²) in [6.45, 7) is 4.94. The molecular weight excluding hydrogens is 330 g/mol.